The fourth-order valence-corrected chi connectivity index (χ4v) is 3.62. The molecule has 1 fully saturated rings. The van der Waals surface area contributed by atoms with E-state index in [-0.39, 0.29) is 31.4 Å². The van der Waals surface area contributed by atoms with Gasteiger partial charge in [-0.25, -0.2) is 4.39 Å². The molecule has 0 spiro atoms. The van der Waals surface area contributed by atoms with Crippen LogP contribution in [-0.4, -0.2) is 50.7 Å². The van der Waals surface area contributed by atoms with Crippen LogP contribution >= 0.6 is 0 Å². The van der Waals surface area contributed by atoms with Gasteiger partial charge in [0.1, 0.15) is 0 Å². The summed E-state index contributed by atoms with van der Waals surface area (Å²) in [4.78, 5) is 32.1. The third-order valence-electron chi connectivity index (χ3n) is 5.41. The molecule has 4 rings (SSSR count). The summed E-state index contributed by atoms with van der Waals surface area (Å²) in [5.41, 5.74) is -0.954. The lowest BCUT2D eigenvalue weighted by atomic mass is 9.93. The molecule has 0 saturated carbocycles. The second-order valence-electron chi connectivity index (χ2n) is 7.98. The van der Waals surface area contributed by atoms with Crippen molar-refractivity contribution in [1.29, 1.82) is 0 Å². The van der Waals surface area contributed by atoms with Gasteiger partial charge >= 0.3 is 6.43 Å². The maximum Gasteiger partial charge on any atom is 0.314 e. The first-order valence-electron chi connectivity index (χ1n) is 10.7. The molecule has 1 aromatic carbocycles. The molecule has 178 valence electrons. The van der Waals surface area contributed by atoms with Crippen LogP contribution in [0.2, 0.25) is 0 Å². The van der Waals surface area contributed by atoms with Crippen molar-refractivity contribution in [3.8, 4) is 11.5 Å². The van der Waals surface area contributed by atoms with Crippen LogP contribution in [0.5, 0.6) is 0 Å². The summed E-state index contributed by atoms with van der Waals surface area (Å²) in [7, 11) is 0. The summed E-state index contributed by atoms with van der Waals surface area (Å²) < 4.78 is 45.7. The van der Waals surface area contributed by atoms with Crippen molar-refractivity contribution in [3.63, 3.8) is 0 Å². The molecule has 0 radical (unpaired) electrons. The lowest BCUT2D eigenvalue weighted by molar-refractivity contribution is -0.154. The minimum absolute atomic E-state index is 0.0379. The summed E-state index contributed by atoms with van der Waals surface area (Å²) in [6, 6.07) is 11.7. The Morgan fingerprint density at radius 2 is 1.88 bits per heavy atom. The van der Waals surface area contributed by atoms with E-state index in [1.807, 2.05) is 6.92 Å². The van der Waals surface area contributed by atoms with Gasteiger partial charge in [-0.15, -0.1) is 10.2 Å². The van der Waals surface area contributed by atoms with Crippen LogP contribution in [0.3, 0.4) is 0 Å². The third kappa shape index (κ3) is 4.78. The van der Waals surface area contributed by atoms with Crippen molar-refractivity contribution in [1.82, 2.24) is 20.1 Å². The second-order valence-corrected chi connectivity index (χ2v) is 7.98. The Morgan fingerprint density at radius 3 is 2.47 bits per heavy atom. The fourth-order valence-electron chi connectivity index (χ4n) is 3.62. The molecule has 1 aliphatic heterocycles. The van der Waals surface area contributed by atoms with Gasteiger partial charge in [0.25, 0.3) is 11.8 Å². The molecule has 3 aromatic rings. The van der Waals surface area contributed by atoms with Crippen LogP contribution in [0.1, 0.15) is 37.8 Å². The molecule has 8 nitrogen and oxygen atoms in total. The summed E-state index contributed by atoms with van der Waals surface area (Å²) in [6.45, 7) is 1.24. The maximum absolute atomic E-state index is 15.4. The first-order chi connectivity index (χ1) is 16.3. The van der Waals surface area contributed by atoms with Crippen molar-refractivity contribution in [2.75, 3.05) is 18.0 Å². The Hall–Kier alpha value is -3.76. The Bertz CT molecular complexity index is 1150. The number of amides is 2. The van der Waals surface area contributed by atoms with Crippen molar-refractivity contribution in [3.05, 3.63) is 60.2 Å². The van der Waals surface area contributed by atoms with Gasteiger partial charge in [0.05, 0.1) is 30.9 Å². The van der Waals surface area contributed by atoms with Crippen LogP contribution in [0, 0.1) is 0 Å². The van der Waals surface area contributed by atoms with Gasteiger partial charge in [-0.2, -0.15) is 8.78 Å². The molecule has 2 amide bonds. The van der Waals surface area contributed by atoms with E-state index in [2.05, 4.69) is 15.2 Å². The fraction of sp³-hybridized carbons (Fsp3) is 0.348. The minimum Gasteiger partial charge on any atom is -0.415 e. The molecule has 3 heterocycles. The summed E-state index contributed by atoms with van der Waals surface area (Å²) in [5, 5.41) is 6.86. The molecule has 1 saturated heterocycles. The Kier molecular flexibility index (Phi) is 6.62. The number of para-hydroxylation sites is 1. The van der Waals surface area contributed by atoms with Gasteiger partial charge in [0, 0.05) is 18.3 Å². The second kappa shape index (κ2) is 9.62. The summed E-state index contributed by atoms with van der Waals surface area (Å²) >= 11 is 0. The first kappa shape index (κ1) is 23.4. The normalized spacial score (nSPS) is 14.7. The van der Waals surface area contributed by atoms with E-state index in [1.54, 1.807) is 42.5 Å². The predicted octanol–water partition coefficient (Wildman–Crippen LogP) is 3.95. The molecule has 0 bridgehead atoms. The van der Waals surface area contributed by atoms with Crippen LogP contribution in [0.4, 0.5) is 18.9 Å². The molecular formula is C23H22F3N5O3. The standard InChI is InChI=1S/C23H22F3N5O3/c1-2-6-18(32)30-13-23(26,14-30)22(33)31(17-7-4-3-5-8-17)12-16-10-9-15(11-27-16)20-28-29-21(34-20)19(24)25/h3-5,7-11,19H,2,6,12-14H2,1H3. The first-order valence-corrected chi connectivity index (χ1v) is 10.7. The van der Waals surface area contributed by atoms with Gasteiger partial charge < -0.3 is 14.2 Å². The van der Waals surface area contributed by atoms with Crippen LogP contribution in [-0.2, 0) is 16.1 Å². The number of pyridine rings is 1. The molecule has 2 aromatic heterocycles. The monoisotopic (exact) mass is 473 g/mol. The van der Waals surface area contributed by atoms with E-state index in [0.29, 0.717) is 29.8 Å². The quantitative estimate of drug-likeness (QED) is 0.492. The highest BCUT2D eigenvalue weighted by atomic mass is 19.3. The smallest absolute Gasteiger partial charge is 0.314 e. The zero-order valence-corrected chi connectivity index (χ0v) is 18.3. The number of hydrogen-bond donors (Lipinski definition) is 0. The third-order valence-corrected chi connectivity index (χ3v) is 5.41. The number of anilines is 1. The zero-order valence-electron chi connectivity index (χ0n) is 18.3. The highest BCUT2D eigenvalue weighted by Gasteiger charge is 2.53. The number of benzene rings is 1. The van der Waals surface area contributed by atoms with Crippen LogP contribution in [0.15, 0.2) is 53.1 Å². The van der Waals surface area contributed by atoms with Crippen molar-refractivity contribution in [2.45, 2.75) is 38.4 Å². The molecule has 34 heavy (non-hydrogen) atoms. The Balaban J connectivity index is 1.52. The number of likely N-dealkylation sites (tertiary alicyclic amines) is 1. The molecule has 0 unspecified atom stereocenters. The number of nitrogens with zero attached hydrogens (tertiary/aromatic N) is 5. The van der Waals surface area contributed by atoms with Gasteiger partial charge in [0.15, 0.2) is 0 Å². The van der Waals surface area contributed by atoms with Gasteiger partial charge in [-0.1, -0.05) is 25.1 Å². The number of aromatic nitrogens is 3. The van der Waals surface area contributed by atoms with E-state index >= 15 is 4.39 Å². The van der Waals surface area contributed by atoms with Crippen molar-refractivity contribution >= 4 is 17.5 Å². The largest absolute Gasteiger partial charge is 0.415 e. The maximum atomic E-state index is 15.4. The zero-order chi connectivity index (χ0) is 24.3. The Morgan fingerprint density at radius 1 is 1.15 bits per heavy atom. The van der Waals surface area contributed by atoms with Crippen molar-refractivity contribution < 1.29 is 27.2 Å². The molecule has 1 aliphatic rings. The van der Waals surface area contributed by atoms with E-state index < -0.39 is 23.9 Å². The lowest BCUT2D eigenvalue weighted by Gasteiger charge is -2.45. The predicted molar refractivity (Wildman–Crippen MR) is 115 cm³/mol. The molecular weight excluding hydrogens is 451 g/mol. The van der Waals surface area contributed by atoms with Crippen molar-refractivity contribution in [2.24, 2.45) is 0 Å². The highest BCUT2D eigenvalue weighted by Crippen LogP contribution is 2.31. The number of carbonyl (C=O) groups excluding carboxylic acids is 2. The number of hydrogen-bond acceptors (Lipinski definition) is 6. The molecule has 0 atom stereocenters. The number of carbonyl (C=O) groups is 2. The molecule has 11 heteroatoms. The topological polar surface area (TPSA) is 92.4 Å². The van der Waals surface area contributed by atoms with Gasteiger partial charge in [0.2, 0.25) is 17.5 Å². The van der Waals surface area contributed by atoms with Crippen LogP contribution in [0.25, 0.3) is 11.5 Å². The molecule has 0 N–H and O–H groups in total. The lowest BCUT2D eigenvalue weighted by Crippen LogP contribution is -2.67. The summed E-state index contributed by atoms with van der Waals surface area (Å²) in [6.07, 6.45) is -0.577. The number of rotatable bonds is 8. The summed E-state index contributed by atoms with van der Waals surface area (Å²) in [5.74, 6) is -1.84. The average Bonchev–Trinajstić information content (AvgIpc) is 3.32. The van der Waals surface area contributed by atoms with E-state index in [4.69, 9.17) is 4.42 Å². The highest BCUT2D eigenvalue weighted by molar-refractivity contribution is 6.01. The molecule has 0 aliphatic carbocycles. The van der Waals surface area contributed by atoms with E-state index in [1.165, 1.54) is 16.0 Å². The van der Waals surface area contributed by atoms with Gasteiger partial charge in [-0.05, 0) is 30.7 Å². The van der Waals surface area contributed by atoms with E-state index in [9.17, 15) is 18.4 Å². The Labute approximate surface area is 193 Å². The SMILES string of the molecule is CCCC(=O)N1CC(F)(C(=O)N(Cc2ccc(-c3nnc(C(F)F)o3)cn2)c2ccccc2)C1. The average molecular weight is 473 g/mol. The number of halogens is 3. The number of alkyl halides is 3. The van der Waals surface area contributed by atoms with E-state index in [0.717, 1.165) is 0 Å². The minimum atomic E-state index is -2.88. The van der Waals surface area contributed by atoms with Crippen LogP contribution < -0.4 is 4.90 Å². The van der Waals surface area contributed by atoms with Gasteiger partial charge in [-0.3, -0.25) is 14.6 Å².